The summed E-state index contributed by atoms with van der Waals surface area (Å²) < 4.78 is 5.74. The van der Waals surface area contributed by atoms with Gasteiger partial charge in [-0.3, -0.25) is 10.0 Å². The van der Waals surface area contributed by atoms with Gasteiger partial charge in [0.15, 0.2) is 0 Å². The molecule has 22 heavy (non-hydrogen) atoms. The van der Waals surface area contributed by atoms with E-state index in [1.54, 1.807) is 17.6 Å². The normalized spacial score (nSPS) is 11.7. The van der Waals surface area contributed by atoms with Crippen LogP contribution in [0.2, 0.25) is 0 Å². The van der Waals surface area contributed by atoms with Gasteiger partial charge >= 0.3 is 0 Å². The molecule has 0 heterocycles. The van der Waals surface area contributed by atoms with Crippen LogP contribution >= 0.6 is 0 Å². The van der Waals surface area contributed by atoms with E-state index in [1.807, 2.05) is 42.5 Å². The number of aryl methyl sites for hydroxylation is 1. The second kappa shape index (κ2) is 8.20. The molecule has 0 bridgehead atoms. The van der Waals surface area contributed by atoms with Gasteiger partial charge in [0.25, 0.3) is 5.91 Å². The van der Waals surface area contributed by atoms with Gasteiger partial charge in [0.1, 0.15) is 5.75 Å². The average Bonchev–Trinajstić information content (AvgIpc) is 2.59. The molecular weight excluding hydrogens is 278 g/mol. The summed E-state index contributed by atoms with van der Waals surface area (Å²) in [6, 6.07) is 16.8. The molecule has 2 aromatic carbocycles. The van der Waals surface area contributed by atoms with Crippen molar-refractivity contribution < 1.29 is 14.7 Å². The van der Waals surface area contributed by atoms with E-state index in [9.17, 15) is 4.79 Å². The third kappa shape index (κ3) is 4.33. The van der Waals surface area contributed by atoms with Crippen molar-refractivity contribution in [2.75, 3.05) is 0 Å². The van der Waals surface area contributed by atoms with E-state index in [2.05, 4.69) is 6.92 Å². The largest absolute Gasteiger partial charge is 0.476 e. The van der Waals surface area contributed by atoms with Crippen LogP contribution in [0.4, 0.5) is 0 Å². The first kappa shape index (κ1) is 16.0. The lowest BCUT2D eigenvalue weighted by atomic mass is 10.1. The summed E-state index contributed by atoms with van der Waals surface area (Å²) in [5.74, 6) is -0.000962. The van der Waals surface area contributed by atoms with Crippen molar-refractivity contribution >= 4 is 5.91 Å². The van der Waals surface area contributed by atoms with Crippen LogP contribution in [0, 0.1) is 0 Å². The van der Waals surface area contributed by atoms with Gasteiger partial charge in [0, 0.05) is 5.56 Å². The van der Waals surface area contributed by atoms with Crippen molar-refractivity contribution in [3.63, 3.8) is 0 Å². The van der Waals surface area contributed by atoms with E-state index >= 15 is 0 Å². The lowest BCUT2D eigenvalue weighted by Gasteiger charge is -2.17. The zero-order chi connectivity index (χ0) is 15.8. The van der Waals surface area contributed by atoms with E-state index in [0.29, 0.717) is 11.3 Å². The Morgan fingerprint density at radius 2 is 1.82 bits per heavy atom. The van der Waals surface area contributed by atoms with E-state index in [0.717, 1.165) is 19.3 Å². The van der Waals surface area contributed by atoms with Gasteiger partial charge in [-0.15, -0.1) is 0 Å². The summed E-state index contributed by atoms with van der Waals surface area (Å²) in [5.41, 5.74) is 3.59. The topological polar surface area (TPSA) is 58.6 Å². The van der Waals surface area contributed by atoms with Gasteiger partial charge in [-0.1, -0.05) is 55.8 Å². The zero-order valence-corrected chi connectivity index (χ0v) is 12.7. The number of rotatable bonds is 7. The van der Waals surface area contributed by atoms with Crippen LogP contribution in [-0.4, -0.2) is 11.1 Å². The van der Waals surface area contributed by atoms with E-state index in [-0.39, 0.29) is 0 Å². The standard InChI is InChI=1S/C18H21NO3/c1-2-3-7-14-10-12-16(13-11-14)22-17(18(20)19-21)15-8-5-4-6-9-15/h4-6,8-13,17,21H,2-3,7H2,1H3,(H,19,20). The van der Waals surface area contributed by atoms with Crippen LogP contribution < -0.4 is 10.2 Å². The highest BCUT2D eigenvalue weighted by molar-refractivity contribution is 5.81. The highest BCUT2D eigenvalue weighted by Gasteiger charge is 2.22. The third-order valence-electron chi connectivity index (χ3n) is 3.45. The zero-order valence-electron chi connectivity index (χ0n) is 12.7. The Bertz CT molecular complexity index is 581. The van der Waals surface area contributed by atoms with Crippen LogP contribution in [-0.2, 0) is 11.2 Å². The second-order valence-electron chi connectivity index (χ2n) is 5.13. The number of nitrogens with one attached hydrogen (secondary N) is 1. The fourth-order valence-electron chi connectivity index (χ4n) is 2.21. The van der Waals surface area contributed by atoms with Gasteiger partial charge < -0.3 is 4.74 Å². The smallest absolute Gasteiger partial charge is 0.289 e. The second-order valence-corrected chi connectivity index (χ2v) is 5.13. The monoisotopic (exact) mass is 299 g/mol. The molecule has 0 aliphatic rings. The fourth-order valence-corrected chi connectivity index (χ4v) is 2.21. The van der Waals surface area contributed by atoms with Gasteiger partial charge in [-0.25, -0.2) is 5.48 Å². The molecule has 2 N–H and O–H groups in total. The van der Waals surface area contributed by atoms with Gasteiger partial charge in [-0.05, 0) is 30.5 Å². The van der Waals surface area contributed by atoms with Crippen molar-refractivity contribution in [3.05, 3.63) is 65.7 Å². The Morgan fingerprint density at radius 1 is 1.14 bits per heavy atom. The van der Waals surface area contributed by atoms with Crippen molar-refractivity contribution in [3.8, 4) is 5.75 Å². The molecule has 1 amide bonds. The molecule has 0 aliphatic heterocycles. The molecule has 1 atom stereocenters. The molecule has 4 heteroatoms. The minimum absolute atomic E-state index is 0.595. The molecule has 2 aromatic rings. The number of amides is 1. The van der Waals surface area contributed by atoms with E-state index in [4.69, 9.17) is 9.94 Å². The Morgan fingerprint density at radius 3 is 2.41 bits per heavy atom. The first-order chi connectivity index (χ1) is 10.7. The Hall–Kier alpha value is -2.33. The molecule has 0 radical (unpaired) electrons. The van der Waals surface area contributed by atoms with Crippen LogP contribution in [0.1, 0.15) is 37.0 Å². The van der Waals surface area contributed by atoms with E-state index < -0.39 is 12.0 Å². The molecule has 0 aromatic heterocycles. The number of ether oxygens (including phenoxy) is 1. The molecule has 0 saturated carbocycles. The van der Waals surface area contributed by atoms with Crippen molar-refractivity contribution in [2.45, 2.75) is 32.3 Å². The molecule has 1 unspecified atom stereocenters. The number of hydrogen-bond acceptors (Lipinski definition) is 3. The number of carbonyl (C=O) groups is 1. The minimum atomic E-state index is -0.882. The quantitative estimate of drug-likeness (QED) is 0.606. The average molecular weight is 299 g/mol. The fraction of sp³-hybridized carbons (Fsp3) is 0.278. The maximum absolute atomic E-state index is 11.8. The van der Waals surface area contributed by atoms with Gasteiger partial charge in [0.2, 0.25) is 6.10 Å². The Balaban J connectivity index is 2.12. The van der Waals surface area contributed by atoms with E-state index in [1.165, 1.54) is 5.56 Å². The molecule has 0 aliphatic carbocycles. The van der Waals surface area contributed by atoms with Crippen molar-refractivity contribution in [2.24, 2.45) is 0 Å². The summed E-state index contributed by atoms with van der Waals surface area (Å²) in [6.45, 7) is 2.16. The maximum atomic E-state index is 11.8. The highest BCUT2D eigenvalue weighted by atomic mass is 16.5. The first-order valence-electron chi connectivity index (χ1n) is 7.49. The lowest BCUT2D eigenvalue weighted by Crippen LogP contribution is -2.29. The maximum Gasteiger partial charge on any atom is 0.289 e. The number of benzene rings is 2. The van der Waals surface area contributed by atoms with Crippen LogP contribution in [0.25, 0.3) is 0 Å². The predicted molar refractivity (Wildman–Crippen MR) is 84.8 cm³/mol. The molecular formula is C18H21NO3. The summed E-state index contributed by atoms with van der Waals surface area (Å²) >= 11 is 0. The number of unbranched alkanes of at least 4 members (excludes halogenated alkanes) is 1. The Labute approximate surface area is 130 Å². The SMILES string of the molecule is CCCCc1ccc(OC(C(=O)NO)c2ccccc2)cc1. The molecule has 116 valence electrons. The predicted octanol–water partition coefficient (Wildman–Crippen LogP) is 3.65. The third-order valence-corrected chi connectivity index (χ3v) is 3.45. The van der Waals surface area contributed by atoms with Crippen LogP contribution in [0.15, 0.2) is 54.6 Å². The van der Waals surface area contributed by atoms with Crippen LogP contribution in [0.5, 0.6) is 5.75 Å². The molecule has 2 rings (SSSR count). The van der Waals surface area contributed by atoms with Crippen LogP contribution in [0.3, 0.4) is 0 Å². The summed E-state index contributed by atoms with van der Waals surface area (Å²) in [7, 11) is 0. The van der Waals surface area contributed by atoms with Gasteiger partial charge in [0.05, 0.1) is 0 Å². The minimum Gasteiger partial charge on any atom is -0.476 e. The number of carbonyl (C=O) groups excluding carboxylic acids is 1. The van der Waals surface area contributed by atoms with Crippen molar-refractivity contribution in [1.29, 1.82) is 0 Å². The Kier molecular flexibility index (Phi) is 5.98. The molecule has 4 nitrogen and oxygen atoms in total. The molecule has 0 saturated heterocycles. The number of hydroxylamine groups is 1. The molecule has 0 spiro atoms. The summed E-state index contributed by atoms with van der Waals surface area (Å²) in [6.07, 6.45) is 2.47. The molecule has 0 fully saturated rings. The first-order valence-corrected chi connectivity index (χ1v) is 7.49. The summed E-state index contributed by atoms with van der Waals surface area (Å²) in [5, 5.41) is 8.91. The number of hydrogen-bond donors (Lipinski definition) is 2. The lowest BCUT2D eigenvalue weighted by molar-refractivity contribution is -0.136. The van der Waals surface area contributed by atoms with Crippen molar-refractivity contribution in [1.82, 2.24) is 5.48 Å². The van der Waals surface area contributed by atoms with Gasteiger partial charge in [-0.2, -0.15) is 0 Å². The highest BCUT2D eigenvalue weighted by Crippen LogP contribution is 2.23. The summed E-state index contributed by atoms with van der Waals surface area (Å²) in [4.78, 5) is 11.8.